The second-order valence-corrected chi connectivity index (χ2v) is 4.50. The third-order valence-corrected chi connectivity index (χ3v) is 2.45. The van der Waals surface area contributed by atoms with Crippen LogP contribution < -0.4 is 10.1 Å². The molecule has 5 nitrogen and oxygen atoms in total. The maximum atomic E-state index is 12.0. The molecule has 104 valence electrons. The van der Waals surface area contributed by atoms with Crippen LogP contribution in [0.25, 0.3) is 0 Å². The van der Waals surface area contributed by atoms with Gasteiger partial charge >= 0.3 is 5.97 Å². The first-order valence-corrected chi connectivity index (χ1v) is 6.21. The smallest absolute Gasteiger partial charge is 0.308 e. The van der Waals surface area contributed by atoms with E-state index < -0.39 is 5.97 Å². The largest absolute Gasteiger partial charge is 0.426 e. The van der Waals surface area contributed by atoms with Gasteiger partial charge in [-0.05, 0) is 39.2 Å². The van der Waals surface area contributed by atoms with Crippen LogP contribution in [0.5, 0.6) is 5.75 Å². The molecule has 1 N–H and O–H groups in total. The van der Waals surface area contributed by atoms with Crippen LogP contribution in [0.3, 0.4) is 0 Å². The predicted octanol–water partition coefficient (Wildman–Crippen LogP) is 1.29. The van der Waals surface area contributed by atoms with E-state index in [-0.39, 0.29) is 5.91 Å². The highest BCUT2D eigenvalue weighted by atomic mass is 16.5. The number of benzene rings is 1. The summed E-state index contributed by atoms with van der Waals surface area (Å²) in [6, 6.07) is 6.71. The third kappa shape index (κ3) is 5.52. The van der Waals surface area contributed by atoms with Gasteiger partial charge in [-0.25, -0.2) is 0 Å². The summed E-state index contributed by atoms with van der Waals surface area (Å²) in [6.45, 7) is 2.81. The van der Waals surface area contributed by atoms with Gasteiger partial charge in [0.05, 0.1) is 5.56 Å². The number of carbonyl (C=O) groups excluding carboxylic acids is 2. The summed E-state index contributed by atoms with van der Waals surface area (Å²) in [5, 5.41) is 2.81. The van der Waals surface area contributed by atoms with Gasteiger partial charge in [-0.3, -0.25) is 9.59 Å². The van der Waals surface area contributed by atoms with Crippen LogP contribution >= 0.6 is 0 Å². The molecule has 0 radical (unpaired) electrons. The van der Waals surface area contributed by atoms with E-state index in [4.69, 9.17) is 4.74 Å². The summed E-state index contributed by atoms with van der Waals surface area (Å²) in [6.07, 6.45) is 0.870. The van der Waals surface area contributed by atoms with Crippen molar-refractivity contribution in [2.24, 2.45) is 0 Å². The highest BCUT2D eigenvalue weighted by molar-refractivity contribution is 5.97. The SMILES string of the molecule is CC(=O)Oc1ccccc1C(=O)NCCCN(C)C. The summed E-state index contributed by atoms with van der Waals surface area (Å²) in [7, 11) is 3.97. The third-order valence-electron chi connectivity index (χ3n) is 2.45. The highest BCUT2D eigenvalue weighted by Crippen LogP contribution is 2.17. The molecule has 0 saturated carbocycles. The second kappa shape index (κ2) is 7.53. The van der Waals surface area contributed by atoms with Crippen LogP contribution in [0.15, 0.2) is 24.3 Å². The van der Waals surface area contributed by atoms with Crippen molar-refractivity contribution in [2.45, 2.75) is 13.3 Å². The first-order chi connectivity index (χ1) is 9.00. The van der Waals surface area contributed by atoms with Gasteiger partial charge < -0.3 is 15.0 Å². The van der Waals surface area contributed by atoms with Gasteiger partial charge in [-0.15, -0.1) is 0 Å². The molecule has 0 aliphatic rings. The van der Waals surface area contributed by atoms with Gasteiger partial charge in [0.1, 0.15) is 5.75 Å². The predicted molar refractivity (Wildman–Crippen MR) is 73.3 cm³/mol. The minimum absolute atomic E-state index is 0.226. The molecule has 0 saturated heterocycles. The summed E-state index contributed by atoms with van der Waals surface area (Å²) in [5.74, 6) is -0.372. The number of amides is 1. The topological polar surface area (TPSA) is 58.6 Å². The Morgan fingerprint density at radius 2 is 1.95 bits per heavy atom. The molecule has 19 heavy (non-hydrogen) atoms. The molecule has 5 heteroatoms. The van der Waals surface area contributed by atoms with Gasteiger partial charge in [0.15, 0.2) is 0 Å². The highest BCUT2D eigenvalue weighted by Gasteiger charge is 2.12. The number of para-hydroxylation sites is 1. The molecule has 0 aliphatic carbocycles. The molecule has 0 aromatic heterocycles. The van der Waals surface area contributed by atoms with Crippen LogP contribution in [-0.4, -0.2) is 44.0 Å². The zero-order valence-electron chi connectivity index (χ0n) is 11.6. The fourth-order valence-electron chi connectivity index (χ4n) is 1.59. The second-order valence-electron chi connectivity index (χ2n) is 4.50. The maximum Gasteiger partial charge on any atom is 0.308 e. The molecule has 1 aromatic rings. The van der Waals surface area contributed by atoms with E-state index in [0.29, 0.717) is 17.9 Å². The normalized spacial score (nSPS) is 10.3. The Hall–Kier alpha value is -1.88. The minimum Gasteiger partial charge on any atom is -0.426 e. The first-order valence-electron chi connectivity index (χ1n) is 6.21. The average Bonchev–Trinajstić information content (AvgIpc) is 2.34. The number of rotatable bonds is 6. The number of esters is 1. The number of nitrogens with one attached hydrogen (secondary N) is 1. The Morgan fingerprint density at radius 1 is 1.26 bits per heavy atom. The lowest BCUT2D eigenvalue weighted by molar-refractivity contribution is -0.131. The zero-order chi connectivity index (χ0) is 14.3. The van der Waals surface area contributed by atoms with E-state index in [0.717, 1.165) is 13.0 Å². The van der Waals surface area contributed by atoms with Crippen LogP contribution in [0.4, 0.5) is 0 Å². The van der Waals surface area contributed by atoms with Crippen molar-refractivity contribution in [3.63, 3.8) is 0 Å². The van der Waals surface area contributed by atoms with E-state index in [1.807, 2.05) is 14.1 Å². The lowest BCUT2D eigenvalue weighted by atomic mass is 10.2. The maximum absolute atomic E-state index is 12.0. The average molecular weight is 264 g/mol. The minimum atomic E-state index is -0.437. The van der Waals surface area contributed by atoms with Crippen molar-refractivity contribution >= 4 is 11.9 Å². The van der Waals surface area contributed by atoms with Crippen molar-refractivity contribution in [1.82, 2.24) is 10.2 Å². The Morgan fingerprint density at radius 3 is 2.58 bits per heavy atom. The number of hydrogen-bond acceptors (Lipinski definition) is 4. The fourth-order valence-corrected chi connectivity index (χ4v) is 1.59. The van der Waals surface area contributed by atoms with E-state index >= 15 is 0 Å². The quantitative estimate of drug-likeness (QED) is 0.478. The molecule has 0 heterocycles. The number of ether oxygens (including phenoxy) is 1. The standard InChI is InChI=1S/C14H20N2O3/c1-11(17)19-13-8-5-4-7-12(13)14(18)15-9-6-10-16(2)3/h4-5,7-8H,6,9-10H2,1-3H3,(H,15,18). The molecule has 1 rings (SSSR count). The zero-order valence-corrected chi connectivity index (χ0v) is 11.6. The molecule has 1 amide bonds. The molecule has 0 fully saturated rings. The molecule has 0 unspecified atom stereocenters. The summed E-state index contributed by atoms with van der Waals surface area (Å²) in [4.78, 5) is 25.0. The molecule has 0 aliphatic heterocycles. The molecular formula is C14H20N2O3. The van der Waals surface area contributed by atoms with Crippen molar-refractivity contribution in [3.8, 4) is 5.75 Å². The molecule has 1 aromatic carbocycles. The van der Waals surface area contributed by atoms with Gasteiger partial charge in [-0.1, -0.05) is 12.1 Å². The lowest BCUT2D eigenvalue weighted by Gasteiger charge is -2.11. The molecule has 0 bridgehead atoms. The Balaban J connectivity index is 2.58. The van der Waals surface area contributed by atoms with Crippen LogP contribution in [0.1, 0.15) is 23.7 Å². The van der Waals surface area contributed by atoms with Crippen LogP contribution in [0, 0.1) is 0 Å². The van der Waals surface area contributed by atoms with Crippen molar-refractivity contribution in [1.29, 1.82) is 0 Å². The number of nitrogens with zero attached hydrogens (tertiary/aromatic N) is 1. The molecular weight excluding hydrogens is 244 g/mol. The Labute approximate surface area is 113 Å². The van der Waals surface area contributed by atoms with Crippen molar-refractivity contribution < 1.29 is 14.3 Å². The summed E-state index contributed by atoms with van der Waals surface area (Å²) in [5.41, 5.74) is 0.377. The summed E-state index contributed by atoms with van der Waals surface area (Å²) < 4.78 is 5.00. The van der Waals surface area contributed by atoms with E-state index in [1.54, 1.807) is 24.3 Å². The van der Waals surface area contributed by atoms with E-state index in [2.05, 4.69) is 10.2 Å². The van der Waals surface area contributed by atoms with Gasteiger partial charge in [0.25, 0.3) is 5.91 Å². The monoisotopic (exact) mass is 264 g/mol. The first kappa shape index (κ1) is 15.2. The van der Waals surface area contributed by atoms with Crippen molar-refractivity contribution in [3.05, 3.63) is 29.8 Å². The summed E-state index contributed by atoms with van der Waals surface area (Å²) >= 11 is 0. The molecule has 0 atom stereocenters. The fraction of sp³-hybridized carbons (Fsp3) is 0.429. The Bertz CT molecular complexity index is 444. The van der Waals surface area contributed by atoms with Crippen molar-refractivity contribution in [2.75, 3.05) is 27.2 Å². The van der Waals surface area contributed by atoms with Gasteiger partial charge in [0.2, 0.25) is 0 Å². The van der Waals surface area contributed by atoms with E-state index in [9.17, 15) is 9.59 Å². The molecule has 0 spiro atoms. The van der Waals surface area contributed by atoms with Gasteiger partial charge in [0, 0.05) is 13.5 Å². The number of hydrogen-bond donors (Lipinski definition) is 1. The van der Waals surface area contributed by atoms with Gasteiger partial charge in [-0.2, -0.15) is 0 Å². The Kier molecular flexibility index (Phi) is 6.02. The van der Waals surface area contributed by atoms with E-state index in [1.165, 1.54) is 6.92 Å². The lowest BCUT2D eigenvalue weighted by Crippen LogP contribution is -2.27. The van der Waals surface area contributed by atoms with Crippen LogP contribution in [-0.2, 0) is 4.79 Å². The number of carbonyl (C=O) groups is 2. The van der Waals surface area contributed by atoms with Crippen LogP contribution in [0.2, 0.25) is 0 Å².